The molecule has 1 atom stereocenters. The lowest BCUT2D eigenvalue weighted by molar-refractivity contribution is 0.813. The molecule has 0 spiro atoms. The minimum atomic E-state index is 0.669. The van der Waals surface area contributed by atoms with Crippen molar-refractivity contribution in [2.75, 3.05) is 6.54 Å². The Kier molecular flexibility index (Phi) is 7.39. The van der Waals surface area contributed by atoms with Crippen molar-refractivity contribution < 1.29 is 0 Å². The van der Waals surface area contributed by atoms with Crippen LogP contribution >= 0.6 is 11.8 Å². The Balaban J connectivity index is 2.95. The van der Waals surface area contributed by atoms with Gasteiger partial charge in [0.1, 0.15) is 5.82 Å². The van der Waals surface area contributed by atoms with Crippen molar-refractivity contribution in [2.45, 2.75) is 64.4 Å². The van der Waals surface area contributed by atoms with Gasteiger partial charge in [0.2, 0.25) is 0 Å². The summed E-state index contributed by atoms with van der Waals surface area (Å²) in [5.74, 6) is 1.90. The van der Waals surface area contributed by atoms with Gasteiger partial charge in [0.05, 0.1) is 5.75 Å². The van der Waals surface area contributed by atoms with E-state index in [0.29, 0.717) is 11.8 Å². The van der Waals surface area contributed by atoms with E-state index in [9.17, 15) is 0 Å². The third kappa shape index (κ3) is 4.77. The lowest BCUT2D eigenvalue weighted by atomic mass is 10.0. The summed E-state index contributed by atoms with van der Waals surface area (Å²) < 4.78 is 0. The van der Waals surface area contributed by atoms with Crippen molar-refractivity contribution in [2.24, 2.45) is 5.73 Å². The van der Waals surface area contributed by atoms with E-state index in [2.05, 4.69) is 27.7 Å². The maximum Gasteiger partial charge on any atom is 0.138 e. The summed E-state index contributed by atoms with van der Waals surface area (Å²) in [5.41, 5.74) is 9.37. The third-order valence-electron chi connectivity index (χ3n) is 3.36. The topological polar surface area (TPSA) is 51.8 Å². The first kappa shape index (κ1) is 16.4. The molecule has 0 aliphatic rings. The third-order valence-corrected chi connectivity index (χ3v) is 4.69. The summed E-state index contributed by atoms with van der Waals surface area (Å²) >= 11 is 1.94. The summed E-state index contributed by atoms with van der Waals surface area (Å²) in [5, 5.41) is 0.669. The molecule has 1 unspecified atom stereocenters. The lowest BCUT2D eigenvalue weighted by Gasteiger charge is -2.14. The Labute approximate surface area is 121 Å². The first-order valence-electron chi connectivity index (χ1n) is 7.35. The van der Waals surface area contributed by atoms with Gasteiger partial charge in [0.15, 0.2) is 0 Å². The van der Waals surface area contributed by atoms with Crippen LogP contribution in [0.2, 0.25) is 0 Å². The quantitative estimate of drug-likeness (QED) is 0.795. The highest BCUT2D eigenvalue weighted by molar-refractivity contribution is 7.99. The van der Waals surface area contributed by atoms with E-state index in [4.69, 9.17) is 15.7 Å². The van der Waals surface area contributed by atoms with Crippen LogP contribution in [0.3, 0.4) is 0 Å². The fourth-order valence-electron chi connectivity index (χ4n) is 2.06. The summed E-state index contributed by atoms with van der Waals surface area (Å²) in [6.45, 7) is 9.47. The molecule has 1 heterocycles. The van der Waals surface area contributed by atoms with Crippen LogP contribution in [0.4, 0.5) is 0 Å². The fraction of sp³-hybridized carbons (Fsp3) is 0.733. The second-order valence-corrected chi connectivity index (χ2v) is 6.21. The van der Waals surface area contributed by atoms with E-state index in [-0.39, 0.29) is 0 Å². The molecule has 4 heteroatoms. The summed E-state index contributed by atoms with van der Waals surface area (Å²) in [7, 11) is 0. The largest absolute Gasteiger partial charge is 0.330 e. The highest BCUT2D eigenvalue weighted by atomic mass is 32.2. The Morgan fingerprint density at radius 1 is 1.11 bits per heavy atom. The number of rotatable bonds is 8. The predicted molar refractivity (Wildman–Crippen MR) is 84.6 cm³/mol. The van der Waals surface area contributed by atoms with Crippen LogP contribution < -0.4 is 5.73 Å². The van der Waals surface area contributed by atoms with Gasteiger partial charge in [0.25, 0.3) is 0 Å². The molecule has 3 nitrogen and oxygen atoms in total. The molecule has 0 aromatic carbocycles. The minimum absolute atomic E-state index is 0.669. The second kappa shape index (κ2) is 8.54. The maximum absolute atomic E-state index is 5.70. The minimum Gasteiger partial charge on any atom is -0.330 e. The van der Waals surface area contributed by atoms with Crippen LogP contribution in [0.1, 0.15) is 56.9 Å². The zero-order chi connectivity index (χ0) is 14.3. The number of aromatic nitrogens is 2. The Morgan fingerprint density at radius 3 is 2.11 bits per heavy atom. The van der Waals surface area contributed by atoms with Crippen LogP contribution in [0.15, 0.2) is 0 Å². The molecule has 19 heavy (non-hydrogen) atoms. The van der Waals surface area contributed by atoms with Crippen molar-refractivity contribution in [1.29, 1.82) is 0 Å². The second-order valence-electron chi connectivity index (χ2n) is 4.79. The zero-order valence-electron chi connectivity index (χ0n) is 12.7. The number of thioether (sulfide) groups is 1. The van der Waals surface area contributed by atoms with Crippen molar-refractivity contribution in [3.05, 3.63) is 22.8 Å². The van der Waals surface area contributed by atoms with Gasteiger partial charge >= 0.3 is 0 Å². The zero-order valence-corrected chi connectivity index (χ0v) is 13.5. The SMILES string of the molecule is CCc1nc(CSC(C)CC)nc(CC)c1CCN. The van der Waals surface area contributed by atoms with E-state index in [1.165, 1.54) is 23.4 Å². The van der Waals surface area contributed by atoms with Gasteiger partial charge in [0, 0.05) is 16.6 Å². The number of hydrogen-bond donors (Lipinski definition) is 1. The average Bonchev–Trinajstić information content (AvgIpc) is 2.45. The smallest absolute Gasteiger partial charge is 0.138 e. The van der Waals surface area contributed by atoms with Gasteiger partial charge in [-0.2, -0.15) is 11.8 Å². The van der Waals surface area contributed by atoms with Gasteiger partial charge < -0.3 is 5.73 Å². The predicted octanol–water partition coefficient (Wildman–Crippen LogP) is 3.13. The molecule has 0 bridgehead atoms. The first-order valence-corrected chi connectivity index (χ1v) is 8.40. The van der Waals surface area contributed by atoms with Crippen molar-refractivity contribution >= 4 is 11.8 Å². The number of nitrogens with two attached hydrogens (primary N) is 1. The fourth-order valence-corrected chi connectivity index (χ4v) is 2.85. The molecule has 0 saturated heterocycles. The Bertz CT molecular complexity index is 368. The molecular weight excluding hydrogens is 254 g/mol. The normalized spacial score (nSPS) is 12.7. The van der Waals surface area contributed by atoms with E-state index >= 15 is 0 Å². The van der Waals surface area contributed by atoms with Crippen LogP contribution in [-0.4, -0.2) is 21.8 Å². The molecule has 0 aliphatic heterocycles. The maximum atomic E-state index is 5.70. The summed E-state index contributed by atoms with van der Waals surface area (Å²) in [6.07, 6.45) is 4.01. The van der Waals surface area contributed by atoms with Gasteiger partial charge in [-0.3, -0.25) is 0 Å². The molecule has 1 aromatic rings. The molecule has 1 aromatic heterocycles. The first-order chi connectivity index (χ1) is 9.15. The van der Waals surface area contributed by atoms with Crippen molar-refractivity contribution in [1.82, 2.24) is 9.97 Å². The van der Waals surface area contributed by atoms with E-state index in [1.54, 1.807) is 0 Å². The van der Waals surface area contributed by atoms with E-state index in [0.717, 1.165) is 30.8 Å². The summed E-state index contributed by atoms with van der Waals surface area (Å²) in [4.78, 5) is 9.47. The molecule has 0 saturated carbocycles. The number of nitrogens with zero attached hydrogens (tertiary/aromatic N) is 2. The van der Waals surface area contributed by atoms with Crippen LogP contribution in [0, 0.1) is 0 Å². The Morgan fingerprint density at radius 2 is 1.68 bits per heavy atom. The van der Waals surface area contributed by atoms with Crippen LogP contribution in [0.5, 0.6) is 0 Å². The molecule has 0 aliphatic carbocycles. The van der Waals surface area contributed by atoms with Gasteiger partial charge in [-0.15, -0.1) is 0 Å². The van der Waals surface area contributed by atoms with Crippen LogP contribution in [-0.2, 0) is 25.0 Å². The Hall–Kier alpha value is -0.610. The standard InChI is InChI=1S/C15H27N3S/c1-5-11(4)19-10-15-17-13(6-2)12(8-9-16)14(7-3)18-15/h11H,5-10,16H2,1-4H3. The van der Waals surface area contributed by atoms with Gasteiger partial charge in [-0.1, -0.05) is 27.7 Å². The molecule has 1 rings (SSSR count). The average molecular weight is 281 g/mol. The van der Waals surface area contributed by atoms with Crippen molar-refractivity contribution in [3.8, 4) is 0 Å². The van der Waals surface area contributed by atoms with E-state index < -0.39 is 0 Å². The molecule has 0 radical (unpaired) electrons. The van der Waals surface area contributed by atoms with Gasteiger partial charge in [-0.25, -0.2) is 9.97 Å². The molecule has 108 valence electrons. The molecule has 2 N–H and O–H groups in total. The monoisotopic (exact) mass is 281 g/mol. The highest BCUT2D eigenvalue weighted by Gasteiger charge is 2.12. The van der Waals surface area contributed by atoms with Crippen molar-refractivity contribution in [3.63, 3.8) is 0 Å². The van der Waals surface area contributed by atoms with Gasteiger partial charge in [-0.05, 0) is 37.8 Å². The van der Waals surface area contributed by atoms with E-state index in [1.807, 2.05) is 11.8 Å². The molecule has 0 fully saturated rings. The number of aryl methyl sites for hydroxylation is 2. The molecular formula is C15H27N3S. The number of hydrogen-bond acceptors (Lipinski definition) is 4. The highest BCUT2D eigenvalue weighted by Crippen LogP contribution is 2.20. The summed E-state index contributed by atoms with van der Waals surface area (Å²) in [6, 6.07) is 0. The lowest BCUT2D eigenvalue weighted by Crippen LogP contribution is -2.13. The molecule has 0 amide bonds. The van der Waals surface area contributed by atoms with Crippen LogP contribution in [0.25, 0.3) is 0 Å².